The maximum Gasteiger partial charge on any atom is 0.160 e. The van der Waals surface area contributed by atoms with Crippen molar-refractivity contribution in [1.82, 2.24) is 0 Å². The average Bonchev–Trinajstić information content (AvgIpc) is 4.11. The van der Waals surface area contributed by atoms with Gasteiger partial charge in [-0.15, -0.1) is 0 Å². The van der Waals surface area contributed by atoms with E-state index >= 15 is 0 Å². The number of hydrogen-bond acceptors (Lipinski definition) is 4. The molecule has 0 fully saturated rings. The van der Waals surface area contributed by atoms with Gasteiger partial charge in [0.2, 0.25) is 0 Å². The Bertz CT molecular complexity index is 3500. The summed E-state index contributed by atoms with van der Waals surface area (Å²) in [6, 6.07) is 82.9. The summed E-state index contributed by atoms with van der Waals surface area (Å²) in [5, 5.41) is 4.33. The highest BCUT2D eigenvalue weighted by molar-refractivity contribution is 6.27. The van der Waals surface area contributed by atoms with Gasteiger partial charge >= 0.3 is 0 Å². The first kappa shape index (κ1) is 35.9. The van der Waals surface area contributed by atoms with E-state index in [4.69, 9.17) is 8.83 Å². The summed E-state index contributed by atoms with van der Waals surface area (Å²) in [4.78, 5) is 4.74. The van der Waals surface area contributed by atoms with Crippen LogP contribution in [0.4, 0.5) is 34.1 Å². The fourth-order valence-electron chi connectivity index (χ4n) is 11.3. The molecule has 2 heterocycles. The third-order valence-corrected chi connectivity index (χ3v) is 13.8. The van der Waals surface area contributed by atoms with Gasteiger partial charge in [0, 0.05) is 44.3 Å². The Kier molecular flexibility index (Phi) is 7.57. The van der Waals surface area contributed by atoms with Crippen LogP contribution in [0.1, 0.15) is 22.3 Å². The predicted octanol–water partition coefficient (Wildman–Crippen LogP) is 16.8. The van der Waals surface area contributed by atoms with Crippen LogP contribution < -0.4 is 9.80 Å². The summed E-state index contributed by atoms with van der Waals surface area (Å²) in [7, 11) is 0. The monoisotopic (exact) mass is 830 g/mol. The molecule has 65 heavy (non-hydrogen) atoms. The van der Waals surface area contributed by atoms with Crippen molar-refractivity contribution < 1.29 is 8.83 Å². The third-order valence-electron chi connectivity index (χ3n) is 13.8. The van der Waals surface area contributed by atoms with Gasteiger partial charge in [-0.1, -0.05) is 158 Å². The molecule has 2 aliphatic rings. The molecule has 0 N–H and O–H groups in total. The lowest BCUT2D eigenvalue weighted by atomic mass is 9.70. The zero-order valence-electron chi connectivity index (χ0n) is 35.2. The molecule has 12 aromatic rings. The summed E-state index contributed by atoms with van der Waals surface area (Å²) in [6.07, 6.45) is 0. The molecule has 0 amide bonds. The van der Waals surface area contributed by atoms with Gasteiger partial charge < -0.3 is 18.6 Å². The zero-order valence-corrected chi connectivity index (χ0v) is 35.2. The molecule has 14 rings (SSSR count). The van der Waals surface area contributed by atoms with Crippen molar-refractivity contribution in [2.75, 3.05) is 9.80 Å². The minimum absolute atomic E-state index is 0.738. The second-order valence-electron chi connectivity index (χ2n) is 17.1. The van der Waals surface area contributed by atoms with Crippen molar-refractivity contribution in [1.29, 1.82) is 0 Å². The number of nitrogens with zero attached hydrogens (tertiary/aromatic N) is 2. The van der Waals surface area contributed by atoms with E-state index in [2.05, 4.69) is 240 Å². The highest BCUT2D eigenvalue weighted by atomic mass is 16.3. The number of benzene rings is 10. The topological polar surface area (TPSA) is 32.8 Å². The highest BCUT2D eigenvalue weighted by Gasteiger charge is 2.54. The SMILES string of the molecule is c1ccc(N(c2ccccc2)c2cc3c(c4c2oc2ccccc24)-c2c(cc(N(c4ccccc4)c4ccccc4)c4oc5ccccc5c24)C32c3ccccc3-c3ccccc32)cc1. The molecule has 4 heteroatoms. The smallest absolute Gasteiger partial charge is 0.160 e. The van der Waals surface area contributed by atoms with Gasteiger partial charge in [0.25, 0.3) is 0 Å². The fraction of sp³-hybridized carbons (Fsp3) is 0.0164. The van der Waals surface area contributed by atoms with Gasteiger partial charge in [-0.25, -0.2) is 0 Å². The molecule has 0 unspecified atom stereocenters. The van der Waals surface area contributed by atoms with E-state index in [9.17, 15) is 0 Å². The molecule has 0 bridgehead atoms. The first-order valence-corrected chi connectivity index (χ1v) is 22.3. The normalized spacial score (nSPS) is 13.0. The molecule has 1 spiro atoms. The fourth-order valence-corrected chi connectivity index (χ4v) is 11.3. The Morgan fingerprint density at radius 2 is 0.631 bits per heavy atom. The van der Waals surface area contributed by atoms with Crippen LogP contribution in [0.2, 0.25) is 0 Å². The van der Waals surface area contributed by atoms with Crippen LogP contribution in [0.3, 0.4) is 0 Å². The standard InChI is InChI=1S/C61H38N2O2/c1-5-21-39(22-6-1)62(40-23-7-2-8-24-40)51-37-49-57(55-45-31-15-19-35-53(45)64-59(51)55)58-50(61(49)47-33-17-13-29-43(47)44-30-14-18-34-48(44)61)38-52(60-56(58)46-32-16-20-36-54(46)65-60)63(41-25-9-3-10-26-41)42-27-11-4-12-28-42/h1-38H. The summed E-state index contributed by atoms with van der Waals surface area (Å²) in [5.41, 5.74) is 18.5. The Morgan fingerprint density at radius 1 is 0.308 bits per heavy atom. The van der Waals surface area contributed by atoms with Crippen molar-refractivity contribution in [2.24, 2.45) is 0 Å². The molecule has 0 saturated carbocycles. The van der Waals surface area contributed by atoms with E-state index in [1.807, 2.05) is 0 Å². The summed E-state index contributed by atoms with van der Waals surface area (Å²) in [6.45, 7) is 0. The minimum atomic E-state index is -0.738. The van der Waals surface area contributed by atoms with Gasteiger partial charge in [0.05, 0.1) is 16.8 Å². The minimum Gasteiger partial charge on any atom is -0.454 e. The zero-order chi connectivity index (χ0) is 42.6. The molecular weight excluding hydrogens is 793 g/mol. The van der Waals surface area contributed by atoms with E-state index in [1.54, 1.807) is 0 Å². The lowest BCUT2D eigenvalue weighted by molar-refractivity contribution is 0.668. The van der Waals surface area contributed by atoms with Crippen LogP contribution in [0.25, 0.3) is 66.1 Å². The molecule has 2 aliphatic carbocycles. The van der Waals surface area contributed by atoms with Crippen molar-refractivity contribution in [3.8, 4) is 22.3 Å². The van der Waals surface area contributed by atoms with Crippen molar-refractivity contribution >= 4 is 78.0 Å². The molecule has 4 nitrogen and oxygen atoms in total. The van der Waals surface area contributed by atoms with Crippen LogP contribution in [0.15, 0.2) is 239 Å². The number of anilines is 6. The molecule has 10 aromatic carbocycles. The van der Waals surface area contributed by atoms with Gasteiger partial charge in [-0.3, -0.25) is 0 Å². The van der Waals surface area contributed by atoms with Crippen molar-refractivity contribution in [2.45, 2.75) is 5.41 Å². The molecule has 304 valence electrons. The molecule has 0 radical (unpaired) electrons. The first-order valence-electron chi connectivity index (χ1n) is 22.3. The Labute approximate surface area is 375 Å². The summed E-state index contributed by atoms with van der Waals surface area (Å²) in [5.74, 6) is 0. The van der Waals surface area contributed by atoms with Crippen LogP contribution >= 0.6 is 0 Å². The average molecular weight is 831 g/mol. The van der Waals surface area contributed by atoms with E-state index in [0.717, 1.165) is 78.0 Å². The first-order chi connectivity index (χ1) is 32.3. The Morgan fingerprint density at radius 3 is 1.02 bits per heavy atom. The van der Waals surface area contributed by atoms with Gasteiger partial charge in [-0.2, -0.15) is 0 Å². The number of hydrogen-bond donors (Lipinski definition) is 0. The molecule has 0 saturated heterocycles. The molecule has 0 atom stereocenters. The lowest BCUT2D eigenvalue weighted by Gasteiger charge is -2.33. The van der Waals surface area contributed by atoms with Crippen LogP contribution in [0.5, 0.6) is 0 Å². The van der Waals surface area contributed by atoms with Crippen molar-refractivity contribution in [3.05, 3.63) is 253 Å². The van der Waals surface area contributed by atoms with Gasteiger partial charge in [0.15, 0.2) is 11.2 Å². The van der Waals surface area contributed by atoms with Crippen LogP contribution in [-0.4, -0.2) is 0 Å². The Balaban J connectivity index is 1.23. The van der Waals surface area contributed by atoms with E-state index in [1.165, 1.54) is 44.5 Å². The van der Waals surface area contributed by atoms with Crippen molar-refractivity contribution in [3.63, 3.8) is 0 Å². The van der Waals surface area contributed by atoms with Crippen LogP contribution in [0, 0.1) is 0 Å². The number of rotatable bonds is 6. The van der Waals surface area contributed by atoms with Crippen LogP contribution in [-0.2, 0) is 5.41 Å². The van der Waals surface area contributed by atoms with E-state index in [-0.39, 0.29) is 0 Å². The molecular formula is C61H38N2O2. The summed E-state index contributed by atoms with van der Waals surface area (Å²) < 4.78 is 14.4. The second-order valence-corrected chi connectivity index (χ2v) is 17.1. The lowest BCUT2D eigenvalue weighted by Crippen LogP contribution is -2.26. The number of fused-ring (bicyclic) bond motifs is 18. The van der Waals surface area contributed by atoms with Gasteiger partial charge in [0.1, 0.15) is 11.2 Å². The summed E-state index contributed by atoms with van der Waals surface area (Å²) >= 11 is 0. The quantitative estimate of drug-likeness (QED) is 0.167. The highest BCUT2D eigenvalue weighted by Crippen LogP contribution is 2.68. The second kappa shape index (κ2) is 13.7. The largest absolute Gasteiger partial charge is 0.454 e. The number of para-hydroxylation sites is 6. The maximum atomic E-state index is 7.22. The van der Waals surface area contributed by atoms with Gasteiger partial charge in [-0.05, 0) is 117 Å². The molecule has 0 aliphatic heterocycles. The Hall–Kier alpha value is -8.60. The molecule has 2 aromatic heterocycles. The van der Waals surface area contributed by atoms with E-state index in [0.29, 0.717) is 0 Å². The van der Waals surface area contributed by atoms with E-state index < -0.39 is 5.41 Å². The number of furan rings is 2. The predicted molar refractivity (Wildman–Crippen MR) is 267 cm³/mol. The maximum absolute atomic E-state index is 7.22. The third kappa shape index (κ3) is 4.91.